The van der Waals surface area contributed by atoms with Gasteiger partial charge in [0.15, 0.2) is 11.8 Å². The number of hydrogen-bond acceptors (Lipinski definition) is 6. The van der Waals surface area contributed by atoms with Gasteiger partial charge in [-0.25, -0.2) is 4.79 Å². The standard InChI is InChI=1S/C10H8N2O6/c13-6-1-2-7(14)11(6)5-10(17)18-12-8(15)3-4-9(12)16/h1-4,13-14H,5H2. The van der Waals surface area contributed by atoms with Crippen molar-refractivity contribution in [2.45, 2.75) is 6.54 Å². The van der Waals surface area contributed by atoms with Crippen molar-refractivity contribution in [2.24, 2.45) is 0 Å². The average molecular weight is 252 g/mol. The van der Waals surface area contributed by atoms with Crippen molar-refractivity contribution in [3.8, 4) is 11.8 Å². The molecule has 2 amide bonds. The fraction of sp³-hybridized carbons (Fsp3) is 0.100. The highest BCUT2D eigenvalue weighted by Gasteiger charge is 2.28. The van der Waals surface area contributed by atoms with E-state index in [1.54, 1.807) is 0 Å². The second-order valence-electron chi connectivity index (χ2n) is 3.40. The number of nitrogens with zero attached hydrogens (tertiary/aromatic N) is 2. The molecule has 2 heterocycles. The Kier molecular flexibility index (Phi) is 2.76. The lowest BCUT2D eigenvalue weighted by atomic mass is 10.6. The highest BCUT2D eigenvalue weighted by atomic mass is 16.7. The van der Waals surface area contributed by atoms with Crippen LogP contribution in [0.4, 0.5) is 0 Å². The summed E-state index contributed by atoms with van der Waals surface area (Å²) in [4.78, 5) is 38.1. The molecular formula is C10H8N2O6. The van der Waals surface area contributed by atoms with Gasteiger partial charge in [-0.1, -0.05) is 5.06 Å². The second-order valence-corrected chi connectivity index (χ2v) is 3.40. The topological polar surface area (TPSA) is 109 Å². The molecule has 0 unspecified atom stereocenters. The second kappa shape index (κ2) is 4.24. The molecule has 0 spiro atoms. The van der Waals surface area contributed by atoms with E-state index in [4.69, 9.17) is 0 Å². The Balaban J connectivity index is 2.02. The first kappa shape index (κ1) is 11.7. The molecule has 2 N–H and O–H groups in total. The van der Waals surface area contributed by atoms with E-state index in [1.165, 1.54) is 12.1 Å². The van der Waals surface area contributed by atoms with E-state index in [9.17, 15) is 24.6 Å². The zero-order chi connectivity index (χ0) is 13.3. The quantitative estimate of drug-likeness (QED) is 0.687. The van der Waals surface area contributed by atoms with E-state index in [1.807, 2.05) is 0 Å². The van der Waals surface area contributed by atoms with Crippen LogP contribution in [-0.2, 0) is 25.8 Å². The van der Waals surface area contributed by atoms with Crippen LogP contribution in [0.5, 0.6) is 11.8 Å². The van der Waals surface area contributed by atoms with Gasteiger partial charge in [0.2, 0.25) is 0 Å². The number of aromatic hydroxyl groups is 2. The van der Waals surface area contributed by atoms with Gasteiger partial charge in [-0.3, -0.25) is 14.2 Å². The van der Waals surface area contributed by atoms with Crippen LogP contribution >= 0.6 is 0 Å². The first-order valence-electron chi connectivity index (χ1n) is 4.83. The molecule has 0 aliphatic carbocycles. The first-order valence-corrected chi connectivity index (χ1v) is 4.83. The third kappa shape index (κ3) is 2.03. The van der Waals surface area contributed by atoms with E-state index in [2.05, 4.69) is 4.84 Å². The van der Waals surface area contributed by atoms with E-state index < -0.39 is 24.3 Å². The van der Waals surface area contributed by atoms with Gasteiger partial charge >= 0.3 is 5.97 Å². The summed E-state index contributed by atoms with van der Waals surface area (Å²) >= 11 is 0. The zero-order valence-corrected chi connectivity index (χ0v) is 8.94. The SMILES string of the molecule is O=C(Cn1c(O)ccc1O)ON1C(=O)C=CC1=O. The van der Waals surface area contributed by atoms with E-state index >= 15 is 0 Å². The minimum absolute atomic E-state index is 0.292. The van der Waals surface area contributed by atoms with Crippen LogP contribution in [-0.4, -0.2) is 37.6 Å². The van der Waals surface area contributed by atoms with Crippen molar-refractivity contribution in [3.63, 3.8) is 0 Å². The summed E-state index contributed by atoms with van der Waals surface area (Å²) < 4.78 is 0.848. The Morgan fingerprint density at radius 3 is 2.11 bits per heavy atom. The van der Waals surface area contributed by atoms with Gasteiger partial charge in [0.1, 0.15) is 6.54 Å². The molecule has 0 saturated heterocycles. The van der Waals surface area contributed by atoms with E-state index in [-0.39, 0.29) is 11.8 Å². The highest BCUT2D eigenvalue weighted by molar-refractivity contribution is 6.12. The number of hydrogen-bond donors (Lipinski definition) is 2. The van der Waals surface area contributed by atoms with Crippen LogP contribution in [0.1, 0.15) is 0 Å². The van der Waals surface area contributed by atoms with Gasteiger partial charge in [0, 0.05) is 24.3 Å². The molecule has 0 saturated carbocycles. The number of hydroxylamine groups is 2. The third-order valence-corrected chi connectivity index (χ3v) is 2.18. The van der Waals surface area contributed by atoms with Crippen molar-refractivity contribution in [1.82, 2.24) is 9.63 Å². The molecule has 1 aliphatic heterocycles. The van der Waals surface area contributed by atoms with Crippen molar-refractivity contribution >= 4 is 17.8 Å². The van der Waals surface area contributed by atoms with Crippen LogP contribution in [0.2, 0.25) is 0 Å². The van der Waals surface area contributed by atoms with Crippen LogP contribution in [0.25, 0.3) is 0 Å². The molecule has 8 heteroatoms. The predicted molar refractivity (Wildman–Crippen MR) is 54.8 cm³/mol. The summed E-state index contributed by atoms with van der Waals surface area (Å²) in [5.41, 5.74) is 0. The molecule has 1 aliphatic rings. The van der Waals surface area contributed by atoms with Crippen molar-refractivity contribution in [3.05, 3.63) is 24.3 Å². The Hall–Kier alpha value is -2.77. The van der Waals surface area contributed by atoms with Crippen molar-refractivity contribution < 1.29 is 29.4 Å². The zero-order valence-electron chi connectivity index (χ0n) is 8.94. The van der Waals surface area contributed by atoms with Gasteiger partial charge in [0.05, 0.1) is 0 Å². The van der Waals surface area contributed by atoms with Crippen molar-refractivity contribution in [2.75, 3.05) is 0 Å². The Bertz CT molecular complexity index is 521. The molecule has 94 valence electrons. The molecule has 18 heavy (non-hydrogen) atoms. The average Bonchev–Trinajstić information content (AvgIpc) is 2.79. The minimum Gasteiger partial charge on any atom is -0.494 e. The lowest BCUT2D eigenvalue weighted by molar-refractivity contribution is -0.196. The molecule has 0 radical (unpaired) electrons. The van der Waals surface area contributed by atoms with Crippen LogP contribution in [0, 0.1) is 0 Å². The Morgan fingerprint density at radius 1 is 1.11 bits per heavy atom. The molecule has 0 atom stereocenters. The molecule has 0 aromatic carbocycles. The maximum Gasteiger partial charge on any atom is 0.352 e. The maximum atomic E-state index is 11.4. The fourth-order valence-electron chi connectivity index (χ4n) is 1.34. The van der Waals surface area contributed by atoms with Gasteiger partial charge in [0.25, 0.3) is 11.8 Å². The Labute approximate surface area is 100 Å². The summed E-state index contributed by atoms with van der Waals surface area (Å²) in [5, 5.41) is 18.9. The number of aromatic nitrogens is 1. The molecule has 0 fully saturated rings. The molecule has 0 bridgehead atoms. The van der Waals surface area contributed by atoms with Crippen molar-refractivity contribution in [1.29, 1.82) is 0 Å². The van der Waals surface area contributed by atoms with E-state index in [0.717, 1.165) is 16.7 Å². The lowest BCUT2D eigenvalue weighted by Gasteiger charge is -2.13. The van der Waals surface area contributed by atoms with Crippen LogP contribution in [0.15, 0.2) is 24.3 Å². The summed E-state index contributed by atoms with van der Waals surface area (Å²) in [6.07, 6.45) is 1.92. The number of amides is 2. The number of carbonyl (C=O) groups is 3. The largest absolute Gasteiger partial charge is 0.494 e. The van der Waals surface area contributed by atoms with Gasteiger partial charge in [-0.05, 0) is 0 Å². The van der Waals surface area contributed by atoms with Crippen LogP contribution < -0.4 is 0 Å². The van der Waals surface area contributed by atoms with Gasteiger partial charge in [-0.2, -0.15) is 0 Å². The third-order valence-electron chi connectivity index (χ3n) is 2.18. The molecule has 1 aromatic rings. The first-order chi connectivity index (χ1) is 8.49. The lowest BCUT2D eigenvalue weighted by Crippen LogP contribution is -2.34. The van der Waals surface area contributed by atoms with Crippen LogP contribution in [0.3, 0.4) is 0 Å². The highest BCUT2D eigenvalue weighted by Crippen LogP contribution is 2.20. The summed E-state index contributed by atoms with van der Waals surface area (Å²) in [6.45, 7) is -0.540. The summed E-state index contributed by atoms with van der Waals surface area (Å²) in [5.74, 6) is -3.21. The fourth-order valence-corrected chi connectivity index (χ4v) is 1.34. The summed E-state index contributed by atoms with van der Waals surface area (Å²) in [6, 6.07) is 2.35. The molecule has 1 aromatic heterocycles. The maximum absolute atomic E-state index is 11.4. The Morgan fingerprint density at radius 2 is 1.61 bits per heavy atom. The monoisotopic (exact) mass is 252 g/mol. The molecular weight excluding hydrogens is 244 g/mol. The minimum atomic E-state index is -0.984. The normalized spacial score (nSPS) is 14.3. The number of carbonyl (C=O) groups excluding carboxylic acids is 3. The summed E-state index contributed by atoms with van der Waals surface area (Å²) in [7, 11) is 0. The smallest absolute Gasteiger partial charge is 0.352 e. The predicted octanol–water partition coefficient (Wildman–Crippen LogP) is -0.718. The molecule has 8 nitrogen and oxygen atoms in total. The van der Waals surface area contributed by atoms with Gasteiger partial charge < -0.3 is 15.1 Å². The molecule has 2 rings (SSSR count). The van der Waals surface area contributed by atoms with Gasteiger partial charge in [-0.15, -0.1) is 0 Å². The number of rotatable bonds is 3. The number of imide groups is 1. The van der Waals surface area contributed by atoms with E-state index in [0.29, 0.717) is 5.06 Å².